The Balaban J connectivity index is 1.61. The van der Waals surface area contributed by atoms with E-state index in [9.17, 15) is 14.0 Å². The van der Waals surface area contributed by atoms with Crippen LogP contribution >= 0.6 is 0 Å². The van der Waals surface area contributed by atoms with Crippen LogP contribution in [0.25, 0.3) is 0 Å². The van der Waals surface area contributed by atoms with Gasteiger partial charge in [0, 0.05) is 30.5 Å². The lowest BCUT2D eigenvalue weighted by atomic mass is 9.97. The predicted molar refractivity (Wildman–Crippen MR) is 122 cm³/mol. The smallest absolute Gasteiger partial charge is 0.255 e. The van der Waals surface area contributed by atoms with Crippen LogP contribution in [0.5, 0.6) is 5.75 Å². The molecule has 0 aliphatic carbocycles. The SMILES string of the molecule is C=C(C)C(=O)c1ccc(N2CCOc3cc(C(=O)N4CCC(F)CC4)cnc32)cc1CC. The molecular formula is C25H28FN3O3. The summed E-state index contributed by atoms with van der Waals surface area (Å²) < 4.78 is 19.2. The highest BCUT2D eigenvalue weighted by atomic mass is 19.1. The Morgan fingerprint density at radius 1 is 1.22 bits per heavy atom. The summed E-state index contributed by atoms with van der Waals surface area (Å²) in [7, 11) is 0. The third kappa shape index (κ3) is 4.24. The third-order valence-corrected chi connectivity index (χ3v) is 6.03. The van der Waals surface area contributed by atoms with E-state index >= 15 is 0 Å². The van der Waals surface area contributed by atoms with Crippen molar-refractivity contribution in [1.29, 1.82) is 0 Å². The highest BCUT2D eigenvalue weighted by molar-refractivity contribution is 6.09. The number of pyridine rings is 1. The van der Waals surface area contributed by atoms with E-state index in [2.05, 4.69) is 11.6 Å². The molecule has 4 rings (SSSR count). The molecule has 0 radical (unpaired) electrons. The molecular weight excluding hydrogens is 409 g/mol. The first-order valence-corrected chi connectivity index (χ1v) is 11.1. The molecule has 0 unspecified atom stereocenters. The lowest BCUT2D eigenvalue weighted by Crippen LogP contribution is -2.39. The van der Waals surface area contributed by atoms with Crippen molar-refractivity contribution in [3.63, 3.8) is 0 Å². The average molecular weight is 438 g/mol. The number of piperidine rings is 1. The van der Waals surface area contributed by atoms with Gasteiger partial charge in [0.05, 0.1) is 12.1 Å². The second-order valence-electron chi connectivity index (χ2n) is 8.32. The summed E-state index contributed by atoms with van der Waals surface area (Å²) in [4.78, 5) is 33.6. The number of hydrogen-bond donors (Lipinski definition) is 0. The fraction of sp³-hybridized carbons (Fsp3) is 0.400. The molecule has 1 aromatic heterocycles. The fourth-order valence-corrected chi connectivity index (χ4v) is 4.19. The molecule has 0 N–H and O–H groups in total. The number of fused-ring (bicyclic) bond motifs is 1. The standard InChI is InChI=1S/C25H28FN3O3/c1-4-17-13-20(5-6-21(17)23(30)16(2)3)29-11-12-32-22-14-18(15-27-24(22)29)25(31)28-9-7-19(26)8-10-28/h5-6,13-15,19H,2,4,7-12H2,1,3H3. The zero-order chi connectivity index (χ0) is 22.8. The average Bonchev–Trinajstić information content (AvgIpc) is 2.82. The van der Waals surface area contributed by atoms with Crippen LogP contribution in [0, 0.1) is 0 Å². The van der Waals surface area contributed by atoms with E-state index in [1.165, 1.54) is 0 Å². The number of anilines is 2. The fourth-order valence-electron chi connectivity index (χ4n) is 4.19. The lowest BCUT2D eigenvalue weighted by Gasteiger charge is -2.32. The molecule has 3 heterocycles. The highest BCUT2D eigenvalue weighted by Crippen LogP contribution is 2.36. The van der Waals surface area contributed by atoms with Crippen molar-refractivity contribution in [1.82, 2.24) is 9.88 Å². The summed E-state index contributed by atoms with van der Waals surface area (Å²) in [5, 5.41) is 0. The molecule has 0 atom stereocenters. The van der Waals surface area contributed by atoms with Crippen molar-refractivity contribution in [2.45, 2.75) is 39.3 Å². The number of rotatable bonds is 5. The van der Waals surface area contributed by atoms with Gasteiger partial charge in [-0.3, -0.25) is 9.59 Å². The van der Waals surface area contributed by atoms with Crippen molar-refractivity contribution in [2.75, 3.05) is 31.1 Å². The Labute approximate surface area is 187 Å². The quantitative estimate of drug-likeness (QED) is 0.509. The van der Waals surface area contributed by atoms with E-state index in [1.807, 2.05) is 30.0 Å². The van der Waals surface area contributed by atoms with E-state index in [0.29, 0.717) is 67.4 Å². The summed E-state index contributed by atoms with van der Waals surface area (Å²) in [6.45, 7) is 9.40. The van der Waals surface area contributed by atoms with Gasteiger partial charge < -0.3 is 14.5 Å². The number of aryl methyl sites for hydroxylation is 1. The number of alkyl halides is 1. The summed E-state index contributed by atoms with van der Waals surface area (Å²) >= 11 is 0. The van der Waals surface area contributed by atoms with Crippen LogP contribution in [-0.2, 0) is 6.42 Å². The molecule has 2 aliphatic rings. The van der Waals surface area contributed by atoms with Gasteiger partial charge in [0.25, 0.3) is 5.91 Å². The normalized spacial score (nSPS) is 16.3. The summed E-state index contributed by atoms with van der Waals surface area (Å²) in [5.74, 6) is 0.983. The van der Waals surface area contributed by atoms with Gasteiger partial charge in [-0.05, 0) is 61.6 Å². The maximum absolute atomic E-state index is 13.4. The number of ketones is 1. The second-order valence-corrected chi connectivity index (χ2v) is 8.32. The molecule has 0 bridgehead atoms. The maximum Gasteiger partial charge on any atom is 0.255 e. The van der Waals surface area contributed by atoms with Gasteiger partial charge in [0.1, 0.15) is 12.8 Å². The number of amides is 1. The lowest BCUT2D eigenvalue weighted by molar-refractivity contribution is 0.0666. The molecule has 2 aliphatic heterocycles. The Kier molecular flexibility index (Phi) is 6.26. The zero-order valence-electron chi connectivity index (χ0n) is 18.6. The predicted octanol–water partition coefficient (Wildman–Crippen LogP) is 4.51. The number of Topliss-reactive ketones (excluding diaryl/α,β-unsaturated/α-hetero) is 1. The van der Waals surface area contributed by atoms with Crippen molar-refractivity contribution >= 4 is 23.2 Å². The number of hydrogen-bond acceptors (Lipinski definition) is 5. The number of ether oxygens (including phenoxy) is 1. The van der Waals surface area contributed by atoms with Gasteiger partial charge in [0.15, 0.2) is 17.4 Å². The van der Waals surface area contributed by atoms with Crippen LogP contribution < -0.4 is 9.64 Å². The van der Waals surface area contributed by atoms with Gasteiger partial charge in [0.2, 0.25) is 0 Å². The van der Waals surface area contributed by atoms with Crippen LogP contribution in [0.2, 0.25) is 0 Å². The first-order chi connectivity index (χ1) is 15.4. The molecule has 1 amide bonds. The minimum Gasteiger partial charge on any atom is -0.488 e. The molecule has 2 aromatic rings. The van der Waals surface area contributed by atoms with Gasteiger partial charge in [-0.15, -0.1) is 0 Å². The van der Waals surface area contributed by atoms with Crippen LogP contribution in [-0.4, -0.2) is 54.0 Å². The van der Waals surface area contributed by atoms with Crippen LogP contribution in [0.15, 0.2) is 42.6 Å². The molecule has 0 spiro atoms. The number of nitrogens with zero attached hydrogens (tertiary/aromatic N) is 3. The highest BCUT2D eigenvalue weighted by Gasteiger charge is 2.27. The second kappa shape index (κ2) is 9.10. The van der Waals surface area contributed by atoms with Crippen molar-refractivity contribution in [3.8, 4) is 5.75 Å². The molecule has 7 heteroatoms. The Hall–Kier alpha value is -3.22. The molecule has 6 nitrogen and oxygen atoms in total. The summed E-state index contributed by atoms with van der Waals surface area (Å²) in [5.41, 5.74) is 3.49. The molecule has 1 fully saturated rings. The first kappa shape index (κ1) is 22.0. The van der Waals surface area contributed by atoms with Crippen molar-refractivity contribution in [3.05, 3.63) is 59.3 Å². The monoisotopic (exact) mass is 437 g/mol. The molecule has 0 saturated carbocycles. The van der Waals surface area contributed by atoms with Gasteiger partial charge in [-0.1, -0.05) is 13.5 Å². The number of carbonyl (C=O) groups is 2. The minimum atomic E-state index is -0.831. The zero-order valence-corrected chi connectivity index (χ0v) is 18.6. The number of carbonyl (C=O) groups excluding carboxylic acids is 2. The number of allylic oxidation sites excluding steroid dienone is 1. The van der Waals surface area contributed by atoms with Gasteiger partial charge >= 0.3 is 0 Å². The maximum atomic E-state index is 13.4. The van der Waals surface area contributed by atoms with Crippen LogP contribution in [0.4, 0.5) is 15.9 Å². The van der Waals surface area contributed by atoms with E-state index in [4.69, 9.17) is 4.74 Å². The number of likely N-dealkylation sites (tertiary alicyclic amines) is 1. The van der Waals surface area contributed by atoms with Gasteiger partial charge in [-0.2, -0.15) is 0 Å². The topological polar surface area (TPSA) is 62.7 Å². The Morgan fingerprint density at radius 3 is 2.66 bits per heavy atom. The molecule has 32 heavy (non-hydrogen) atoms. The van der Waals surface area contributed by atoms with Crippen molar-refractivity contribution < 1.29 is 18.7 Å². The van der Waals surface area contributed by atoms with E-state index in [1.54, 1.807) is 24.1 Å². The van der Waals surface area contributed by atoms with Crippen molar-refractivity contribution in [2.24, 2.45) is 0 Å². The Morgan fingerprint density at radius 2 is 1.97 bits per heavy atom. The van der Waals surface area contributed by atoms with E-state index in [-0.39, 0.29) is 11.7 Å². The molecule has 168 valence electrons. The number of benzene rings is 1. The van der Waals surface area contributed by atoms with Gasteiger partial charge in [-0.25, -0.2) is 9.37 Å². The third-order valence-electron chi connectivity index (χ3n) is 6.03. The van der Waals surface area contributed by atoms with E-state index in [0.717, 1.165) is 17.7 Å². The van der Waals surface area contributed by atoms with Crippen LogP contribution in [0.1, 0.15) is 53.0 Å². The number of halogens is 1. The van der Waals surface area contributed by atoms with Crippen LogP contribution in [0.3, 0.4) is 0 Å². The molecule has 1 aromatic carbocycles. The minimum absolute atomic E-state index is 0.0474. The van der Waals surface area contributed by atoms with E-state index < -0.39 is 6.17 Å². The summed E-state index contributed by atoms with van der Waals surface area (Å²) in [6.07, 6.45) is 2.19. The molecule has 1 saturated heterocycles. The Bertz CT molecular complexity index is 1060. The largest absolute Gasteiger partial charge is 0.488 e. The number of aromatic nitrogens is 1. The first-order valence-electron chi connectivity index (χ1n) is 11.1. The summed E-state index contributed by atoms with van der Waals surface area (Å²) in [6, 6.07) is 7.48.